The van der Waals surface area contributed by atoms with Gasteiger partial charge in [-0.05, 0) is 57.0 Å². The van der Waals surface area contributed by atoms with E-state index in [0.29, 0.717) is 11.3 Å². The standard InChI is InChI=1S/C22H27FN2O3/c1-15-13-20(16(2)25(15)19-11-9-17(23)10-12-19)22(27)28-14-21(26)24-18-7-5-3-4-6-8-18/h9-13,18H,3-8,14H2,1-2H3,(H,24,26). The summed E-state index contributed by atoms with van der Waals surface area (Å²) >= 11 is 0. The molecule has 1 heterocycles. The predicted octanol–water partition coefficient (Wildman–Crippen LogP) is 4.23. The van der Waals surface area contributed by atoms with E-state index < -0.39 is 5.97 Å². The molecule has 0 unspecified atom stereocenters. The first kappa shape index (κ1) is 20.1. The molecule has 2 aromatic rings. The lowest BCUT2D eigenvalue weighted by molar-refractivity contribution is -0.125. The van der Waals surface area contributed by atoms with Crippen LogP contribution in [0.4, 0.5) is 4.39 Å². The summed E-state index contributed by atoms with van der Waals surface area (Å²) in [6.45, 7) is 3.39. The van der Waals surface area contributed by atoms with E-state index in [4.69, 9.17) is 4.74 Å². The van der Waals surface area contributed by atoms with E-state index in [2.05, 4.69) is 5.32 Å². The Balaban J connectivity index is 1.62. The van der Waals surface area contributed by atoms with Gasteiger partial charge in [0.15, 0.2) is 6.61 Å². The van der Waals surface area contributed by atoms with Crippen LogP contribution in [0.1, 0.15) is 60.3 Å². The van der Waals surface area contributed by atoms with Crippen LogP contribution >= 0.6 is 0 Å². The maximum Gasteiger partial charge on any atom is 0.340 e. The third-order valence-electron chi connectivity index (χ3n) is 5.29. The summed E-state index contributed by atoms with van der Waals surface area (Å²) in [6.07, 6.45) is 6.65. The zero-order valence-corrected chi connectivity index (χ0v) is 16.5. The maximum absolute atomic E-state index is 13.2. The molecule has 1 aliphatic carbocycles. The van der Waals surface area contributed by atoms with Crippen molar-refractivity contribution in [1.82, 2.24) is 9.88 Å². The smallest absolute Gasteiger partial charge is 0.340 e. The van der Waals surface area contributed by atoms with Crippen LogP contribution in [0.25, 0.3) is 5.69 Å². The maximum atomic E-state index is 13.2. The number of aryl methyl sites for hydroxylation is 1. The van der Waals surface area contributed by atoms with Crippen LogP contribution < -0.4 is 5.32 Å². The minimum atomic E-state index is -0.530. The molecule has 1 N–H and O–H groups in total. The Morgan fingerprint density at radius 3 is 2.39 bits per heavy atom. The Bertz CT molecular complexity index is 834. The number of ether oxygens (including phenoxy) is 1. The van der Waals surface area contributed by atoms with Gasteiger partial charge in [0.05, 0.1) is 5.56 Å². The highest BCUT2D eigenvalue weighted by atomic mass is 19.1. The van der Waals surface area contributed by atoms with E-state index in [1.165, 1.54) is 25.0 Å². The Morgan fingerprint density at radius 2 is 1.75 bits per heavy atom. The molecule has 0 bridgehead atoms. The molecule has 3 rings (SSSR count). The fourth-order valence-corrected chi connectivity index (χ4v) is 3.86. The molecule has 1 saturated carbocycles. The zero-order chi connectivity index (χ0) is 20.1. The largest absolute Gasteiger partial charge is 0.452 e. The summed E-state index contributed by atoms with van der Waals surface area (Å²) in [5.74, 6) is -1.10. The number of carbonyl (C=O) groups is 2. The van der Waals surface area contributed by atoms with Crippen molar-refractivity contribution in [3.05, 3.63) is 53.1 Å². The van der Waals surface area contributed by atoms with Gasteiger partial charge in [-0.2, -0.15) is 0 Å². The van der Waals surface area contributed by atoms with Crippen molar-refractivity contribution in [2.75, 3.05) is 6.61 Å². The first-order valence-corrected chi connectivity index (χ1v) is 9.87. The van der Waals surface area contributed by atoms with Gasteiger partial charge < -0.3 is 14.6 Å². The zero-order valence-electron chi connectivity index (χ0n) is 16.5. The number of hydrogen-bond acceptors (Lipinski definition) is 3. The van der Waals surface area contributed by atoms with Gasteiger partial charge in [0.25, 0.3) is 5.91 Å². The molecule has 1 fully saturated rings. The van der Waals surface area contributed by atoms with Gasteiger partial charge in [-0.15, -0.1) is 0 Å². The summed E-state index contributed by atoms with van der Waals surface area (Å²) in [7, 11) is 0. The molecule has 1 aromatic carbocycles. The monoisotopic (exact) mass is 386 g/mol. The second-order valence-electron chi connectivity index (χ2n) is 7.43. The van der Waals surface area contributed by atoms with Crippen molar-refractivity contribution in [2.45, 2.75) is 58.4 Å². The van der Waals surface area contributed by atoms with E-state index in [1.807, 2.05) is 11.5 Å². The van der Waals surface area contributed by atoms with Crippen LogP contribution in [0.15, 0.2) is 30.3 Å². The van der Waals surface area contributed by atoms with E-state index >= 15 is 0 Å². The molecule has 1 aliphatic rings. The summed E-state index contributed by atoms with van der Waals surface area (Å²) in [4.78, 5) is 24.6. The van der Waals surface area contributed by atoms with Gasteiger partial charge in [0.2, 0.25) is 0 Å². The van der Waals surface area contributed by atoms with Gasteiger partial charge in [-0.25, -0.2) is 9.18 Å². The number of nitrogens with zero attached hydrogens (tertiary/aromatic N) is 1. The third kappa shape index (κ3) is 4.80. The number of rotatable bonds is 5. The Labute approximate surface area is 164 Å². The van der Waals surface area contributed by atoms with Gasteiger partial charge >= 0.3 is 5.97 Å². The van der Waals surface area contributed by atoms with Gasteiger partial charge in [0, 0.05) is 23.1 Å². The molecule has 28 heavy (non-hydrogen) atoms. The highest BCUT2D eigenvalue weighted by Crippen LogP contribution is 2.22. The highest BCUT2D eigenvalue weighted by Gasteiger charge is 2.20. The number of halogens is 1. The number of carbonyl (C=O) groups excluding carboxylic acids is 2. The lowest BCUT2D eigenvalue weighted by Gasteiger charge is -2.16. The lowest BCUT2D eigenvalue weighted by atomic mass is 10.1. The van der Waals surface area contributed by atoms with E-state index in [-0.39, 0.29) is 24.4 Å². The first-order chi connectivity index (χ1) is 13.5. The average Bonchev–Trinajstić information content (AvgIpc) is 2.84. The number of nitrogens with one attached hydrogen (secondary N) is 1. The molecule has 0 spiro atoms. The van der Waals surface area contributed by atoms with Crippen molar-refractivity contribution in [3.63, 3.8) is 0 Å². The third-order valence-corrected chi connectivity index (χ3v) is 5.29. The molecular weight excluding hydrogens is 359 g/mol. The SMILES string of the molecule is Cc1cc(C(=O)OCC(=O)NC2CCCCCC2)c(C)n1-c1ccc(F)cc1. The van der Waals surface area contributed by atoms with Crippen LogP contribution in [0.2, 0.25) is 0 Å². The molecule has 0 atom stereocenters. The van der Waals surface area contributed by atoms with E-state index in [9.17, 15) is 14.0 Å². The fraction of sp³-hybridized carbons (Fsp3) is 0.455. The molecule has 0 radical (unpaired) electrons. The second-order valence-corrected chi connectivity index (χ2v) is 7.43. The van der Waals surface area contributed by atoms with Crippen LogP contribution in [0.3, 0.4) is 0 Å². The summed E-state index contributed by atoms with van der Waals surface area (Å²) < 4.78 is 20.3. The van der Waals surface area contributed by atoms with Crippen molar-refractivity contribution in [3.8, 4) is 5.69 Å². The van der Waals surface area contributed by atoms with Crippen LogP contribution in [-0.2, 0) is 9.53 Å². The molecule has 5 nitrogen and oxygen atoms in total. The minimum absolute atomic E-state index is 0.178. The van der Waals surface area contributed by atoms with Gasteiger partial charge in [-0.3, -0.25) is 4.79 Å². The summed E-state index contributed by atoms with van der Waals surface area (Å²) in [5, 5.41) is 2.97. The molecule has 150 valence electrons. The fourth-order valence-electron chi connectivity index (χ4n) is 3.86. The predicted molar refractivity (Wildman–Crippen MR) is 105 cm³/mol. The van der Waals surface area contributed by atoms with Crippen molar-refractivity contribution >= 4 is 11.9 Å². The van der Waals surface area contributed by atoms with Crippen LogP contribution in [-0.4, -0.2) is 29.1 Å². The average molecular weight is 386 g/mol. The molecule has 1 aromatic heterocycles. The van der Waals surface area contributed by atoms with Crippen LogP contribution in [0, 0.1) is 19.7 Å². The molecule has 0 aliphatic heterocycles. The highest BCUT2D eigenvalue weighted by molar-refractivity contribution is 5.93. The molecule has 1 amide bonds. The minimum Gasteiger partial charge on any atom is -0.452 e. The molecule has 6 heteroatoms. The number of amides is 1. The van der Waals surface area contributed by atoms with Crippen molar-refractivity contribution in [1.29, 1.82) is 0 Å². The van der Waals surface area contributed by atoms with Gasteiger partial charge in [0.1, 0.15) is 5.82 Å². The second kappa shape index (κ2) is 9.04. The van der Waals surface area contributed by atoms with E-state index in [0.717, 1.165) is 37.1 Å². The number of esters is 1. The van der Waals surface area contributed by atoms with Gasteiger partial charge in [-0.1, -0.05) is 25.7 Å². The number of hydrogen-bond donors (Lipinski definition) is 1. The Kier molecular flexibility index (Phi) is 6.49. The van der Waals surface area contributed by atoms with Crippen molar-refractivity contribution in [2.24, 2.45) is 0 Å². The quantitative estimate of drug-likeness (QED) is 0.618. The Morgan fingerprint density at radius 1 is 1.11 bits per heavy atom. The molecule has 0 saturated heterocycles. The lowest BCUT2D eigenvalue weighted by Crippen LogP contribution is -2.37. The first-order valence-electron chi connectivity index (χ1n) is 9.87. The number of aromatic nitrogens is 1. The Hall–Kier alpha value is -2.63. The van der Waals surface area contributed by atoms with Crippen molar-refractivity contribution < 1.29 is 18.7 Å². The molecular formula is C22H27FN2O3. The normalized spacial score (nSPS) is 15.1. The van der Waals surface area contributed by atoms with E-state index in [1.54, 1.807) is 25.1 Å². The van der Waals surface area contributed by atoms with Crippen LogP contribution in [0.5, 0.6) is 0 Å². The number of benzene rings is 1. The summed E-state index contributed by atoms with van der Waals surface area (Å²) in [6, 6.07) is 7.98. The summed E-state index contributed by atoms with van der Waals surface area (Å²) in [5.41, 5.74) is 2.70. The topological polar surface area (TPSA) is 60.3 Å².